The van der Waals surface area contributed by atoms with E-state index >= 15 is 0 Å². The predicted octanol–water partition coefficient (Wildman–Crippen LogP) is 2.82. The Morgan fingerprint density at radius 2 is 1.96 bits per heavy atom. The lowest BCUT2D eigenvalue weighted by atomic mass is 9.98. The lowest BCUT2D eigenvalue weighted by Crippen LogP contribution is -2.50. The molecule has 2 aromatic heterocycles. The molecule has 0 atom stereocenters. The zero-order chi connectivity index (χ0) is 19.5. The summed E-state index contributed by atoms with van der Waals surface area (Å²) < 4.78 is 11.1. The average Bonchev–Trinajstić information content (AvgIpc) is 3.34. The second-order valence-electron chi connectivity index (χ2n) is 7.74. The molecule has 0 bridgehead atoms. The molecule has 0 radical (unpaired) electrons. The molecule has 2 saturated heterocycles. The summed E-state index contributed by atoms with van der Waals surface area (Å²) in [5.74, 6) is 0.937. The fourth-order valence-electron chi connectivity index (χ4n) is 4.27. The zero-order valence-electron chi connectivity index (χ0n) is 16.6. The molecule has 152 valence electrons. The van der Waals surface area contributed by atoms with Gasteiger partial charge in [0.1, 0.15) is 11.9 Å². The van der Waals surface area contributed by atoms with E-state index in [2.05, 4.69) is 15.0 Å². The first-order valence-electron chi connectivity index (χ1n) is 10.1. The number of rotatable bonds is 5. The highest BCUT2D eigenvalue weighted by molar-refractivity contribution is 7.11. The monoisotopic (exact) mass is 404 g/mol. The van der Waals surface area contributed by atoms with Crippen molar-refractivity contribution < 1.29 is 14.1 Å². The van der Waals surface area contributed by atoms with Crippen LogP contribution in [0.4, 0.5) is 0 Å². The van der Waals surface area contributed by atoms with E-state index in [1.807, 2.05) is 24.1 Å². The molecule has 4 rings (SSSR count). The minimum Gasteiger partial charge on any atom is -0.467 e. The maximum atomic E-state index is 12.7. The van der Waals surface area contributed by atoms with Gasteiger partial charge in [0.15, 0.2) is 0 Å². The van der Waals surface area contributed by atoms with Crippen LogP contribution in [0.5, 0.6) is 5.19 Å². The van der Waals surface area contributed by atoms with Gasteiger partial charge < -0.3 is 14.2 Å². The molecular weight excluding hydrogens is 376 g/mol. The van der Waals surface area contributed by atoms with E-state index in [0.717, 1.165) is 74.1 Å². The standard InChI is InChI=1S/C20H28N4O3S/c1-14-18(15(2)27-22-14)13-19(25)24-8-3-16(4-9-24)23-10-5-17(6-11-23)26-20-21-7-12-28-20/h7,12,16-17H,3-6,8-11,13H2,1-2H3. The van der Waals surface area contributed by atoms with Crippen molar-refractivity contribution in [2.75, 3.05) is 26.2 Å². The second kappa shape index (κ2) is 8.61. The van der Waals surface area contributed by atoms with Gasteiger partial charge in [0.25, 0.3) is 5.19 Å². The van der Waals surface area contributed by atoms with E-state index in [1.165, 1.54) is 0 Å². The van der Waals surface area contributed by atoms with Gasteiger partial charge in [-0.2, -0.15) is 0 Å². The summed E-state index contributed by atoms with van der Waals surface area (Å²) in [6, 6.07) is 0.573. The lowest BCUT2D eigenvalue weighted by molar-refractivity contribution is -0.132. The van der Waals surface area contributed by atoms with Crippen molar-refractivity contribution in [3.63, 3.8) is 0 Å². The SMILES string of the molecule is Cc1noc(C)c1CC(=O)N1CCC(N2CCC(Oc3nccs3)CC2)CC1. The molecule has 2 aliphatic rings. The summed E-state index contributed by atoms with van der Waals surface area (Å²) in [5.41, 5.74) is 1.76. The highest BCUT2D eigenvalue weighted by Gasteiger charge is 2.30. The molecule has 0 aromatic carbocycles. The van der Waals surface area contributed by atoms with Crippen molar-refractivity contribution in [2.45, 2.75) is 58.1 Å². The van der Waals surface area contributed by atoms with Crippen molar-refractivity contribution in [1.29, 1.82) is 0 Å². The molecule has 2 fully saturated rings. The molecule has 8 heteroatoms. The molecule has 1 amide bonds. The quantitative estimate of drug-likeness (QED) is 0.763. The van der Waals surface area contributed by atoms with E-state index in [4.69, 9.17) is 9.26 Å². The highest BCUT2D eigenvalue weighted by atomic mass is 32.1. The Balaban J connectivity index is 1.22. The van der Waals surface area contributed by atoms with Crippen LogP contribution in [-0.4, -0.2) is 64.2 Å². The largest absolute Gasteiger partial charge is 0.467 e. The molecular formula is C20H28N4O3S. The Kier molecular flexibility index (Phi) is 5.96. The topological polar surface area (TPSA) is 71.7 Å². The first-order valence-corrected chi connectivity index (χ1v) is 11.0. The second-order valence-corrected chi connectivity index (χ2v) is 8.60. The number of aryl methyl sites for hydroxylation is 2. The third-order valence-electron chi connectivity index (χ3n) is 6.00. The maximum Gasteiger partial charge on any atom is 0.273 e. The Morgan fingerprint density at radius 1 is 1.21 bits per heavy atom. The Bertz CT molecular complexity index is 756. The van der Waals surface area contributed by atoms with E-state index in [-0.39, 0.29) is 12.0 Å². The van der Waals surface area contributed by atoms with E-state index < -0.39 is 0 Å². The number of amides is 1. The van der Waals surface area contributed by atoms with Crippen LogP contribution >= 0.6 is 11.3 Å². The van der Waals surface area contributed by atoms with Gasteiger partial charge in [-0.3, -0.25) is 9.69 Å². The van der Waals surface area contributed by atoms with Crippen LogP contribution in [0.1, 0.15) is 42.7 Å². The average molecular weight is 405 g/mol. The maximum absolute atomic E-state index is 12.7. The van der Waals surface area contributed by atoms with Gasteiger partial charge in [-0.25, -0.2) is 4.98 Å². The number of carbonyl (C=O) groups excluding carboxylic acids is 1. The van der Waals surface area contributed by atoms with E-state index in [9.17, 15) is 4.79 Å². The predicted molar refractivity (Wildman–Crippen MR) is 107 cm³/mol. The van der Waals surface area contributed by atoms with Gasteiger partial charge in [0.05, 0.1) is 12.1 Å². The molecule has 2 aliphatic heterocycles. The lowest BCUT2D eigenvalue weighted by Gasteiger charge is -2.41. The van der Waals surface area contributed by atoms with Crippen molar-refractivity contribution in [3.8, 4) is 5.19 Å². The van der Waals surface area contributed by atoms with Gasteiger partial charge in [0, 0.05) is 49.4 Å². The normalized spacial score (nSPS) is 19.9. The molecule has 4 heterocycles. The van der Waals surface area contributed by atoms with Crippen molar-refractivity contribution >= 4 is 17.2 Å². The fourth-order valence-corrected chi connectivity index (χ4v) is 4.82. The van der Waals surface area contributed by atoms with Crippen LogP contribution in [0.3, 0.4) is 0 Å². The number of piperidine rings is 2. The van der Waals surface area contributed by atoms with Crippen molar-refractivity contribution in [1.82, 2.24) is 19.9 Å². The van der Waals surface area contributed by atoms with Crippen LogP contribution in [-0.2, 0) is 11.2 Å². The Labute approximate surface area is 169 Å². The van der Waals surface area contributed by atoms with Crippen LogP contribution < -0.4 is 4.74 Å². The smallest absolute Gasteiger partial charge is 0.273 e. The van der Waals surface area contributed by atoms with Gasteiger partial charge in [-0.15, -0.1) is 0 Å². The number of hydrogen-bond acceptors (Lipinski definition) is 7. The fraction of sp³-hybridized carbons (Fsp3) is 0.650. The molecule has 0 saturated carbocycles. The minimum absolute atomic E-state index is 0.184. The first-order chi connectivity index (χ1) is 13.6. The number of carbonyl (C=O) groups is 1. The summed E-state index contributed by atoms with van der Waals surface area (Å²) in [6.45, 7) is 7.57. The number of thiazole rings is 1. The van der Waals surface area contributed by atoms with Gasteiger partial charge in [-0.1, -0.05) is 16.5 Å². The van der Waals surface area contributed by atoms with Crippen molar-refractivity contribution in [2.24, 2.45) is 0 Å². The summed E-state index contributed by atoms with van der Waals surface area (Å²) in [5, 5.41) is 6.68. The minimum atomic E-state index is 0.184. The van der Waals surface area contributed by atoms with Crippen LogP contribution in [0.15, 0.2) is 16.1 Å². The number of likely N-dealkylation sites (tertiary alicyclic amines) is 2. The van der Waals surface area contributed by atoms with Crippen molar-refractivity contribution in [3.05, 3.63) is 28.6 Å². The number of ether oxygens (including phenoxy) is 1. The first kappa shape index (κ1) is 19.4. The molecule has 2 aromatic rings. The zero-order valence-corrected chi connectivity index (χ0v) is 17.4. The summed E-state index contributed by atoms with van der Waals surface area (Å²) >= 11 is 1.56. The summed E-state index contributed by atoms with van der Waals surface area (Å²) in [6.07, 6.45) is 6.65. The molecule has 0 spiro atoms. The summed E-state index contributed by atoms with van der Waals surface area (Å²) in [7, 11) is 0. The number of hydrogen-bond donors (Lipinski definition) is 0. The van der Waals surface area contributed by atoms with Gasteiger partial charge in [-0.05, 0) is 39.5 Å². The van der Waals surface area contributed by atoms with Crippen LogP contribution in [0, 0.1) is 13.8 Å². The molecule has 28 heavy (non-hydrogen) atoms. The molecule has 0 aliphatic carbocycles. The third kappa shape index (κ3) is 4.38. The summed E-state index contributed by atoms with van der Waals surface area (Å²) in [4.78, 5) is 21.5. The highest BCUT2D eigenvalue weighted by Crippen LogP contribution is 2.25. The number of aromatic nitrogens is 2. The van der Waals surface area contributed by atoms with Gasteiger partial charge in [0.2, 0.25) is 5.91 Å². The number of nitrogens with zero attached hydrogens (tertiary/aromatic N) is 4. The molecule has 7 nitrogen and oxygen atoms in total. The third-order valence-corrected chi connectivity index (χ3v) is 6.66. The van der Waals surface area contributed by atoms with Crippen LogP contribution in [0.2, 0.25) is 0 Å². The van der Waals surface area contributed by atoms with Crippen LogP contribution in [0.25, 0.3) is 0 Å². The van der Waals surface area contributed by atoms with E-state index in [0.29, 0.717) is 12.5 Å². The molecule has 0 unspecified atom stereocenters. The Hall–Kier alpha value is -1.93. The van der Waals surface area contributed by atoms with Gasteiger partial charge >= 0.3 is 0 Å². The van der Waals surface area contributed by atoms with E-state index in [1.54, 1.807) is 17.5 Å². The Morgan fingerprint density at radius 3 is 2.57 bits per heavy atom. The molecule has 0 N–H and O–H groups in total.